The van der Waals surface area contributed by atoms with Crippen molar-refractivity contribution < 1.29 is 20.8 Å². The standard InChI is InChI=1S/C9H13NO2S.ClH/c1-13(11,12)9-4-2-8(3-5-9)6-7-10;/h2-5H,6-7,10H2,1H3;1H/p-1. The Morgan fingerprint density at radius 2 is 1.71 bits per heavy atom. The topological polar surface area (TPSA) is 60.2 Å². The lowest BCUT2D eigenvalue weighted by Gasteiger charge is -2.00. The first-order valence-corrected chi connectivity index (χ1v) is 5.92. The average molecular weight is 235 g/mol. The zero-order valence-electron chi connectivity index (χ0n) is 7.90. The van der Waals surface area contributed by atoms with Crippen LogP contribution >= 0.6 is 0 Å². The third kappa shape index (κ3) is 3.65. The first-order valence-electron chi connectivity index (χ1n) is 4.03. The van der Waals surface area contributed by atoms with Crippen molar-refractivity contribution in [2.45, 2.75) is 11.3 Å². The van der Waals surface area contributed by atoms with Gasteiger partial charge in [-0.3, -0.25) is 0 Å². The van der Waals surface area contributed by atoms with Crippen molar-refractivity contribution in [3.05, 3.63) is 29.8 Å². The van der Waals surface area contributed by atoms with Gasteiger partial charge in [0.05, 0.1) is 4.90 Å². The predicted molar refractivity (Wildman–Crippen MR) is 52.3 cm³/mol. The Morgan fingerprint density at radius 1 is 1.21 bits per heavy atom. The molecule has 0 bridgehead atoms. The number of benzene rings is 1. The lowest BCUT2D eigenvalue weighted by Crippen LogP contribution is -3.00. The Kier molecular flexibility index (Phi) is 5.12. The zero-order chi connectivity index (χ0) is 9.90. The molecule has 0 saturated heterocycles. The second kappa shape index (κ2) is 5.34. The molecule has 1 aromatic carbocycles. The lowest BCUT2D eigenvalue weighted by atomic mass is 10.2. The predicted octanol–water partition coefficient (Wildman–Crippen LogP) is -2.40. The Bertz CT molecular complexity index is 372. The Morgan fingerprint density at radius 3 is 2.07 bits per heavy atom. The maximum Gasteiger partial charge on any atom is 0.175 e. The average Bonchev–Trinajstić information content (AvgIpc) is 2.04. The molecular weight excluding hydrogens is 222 g/mol. The van der Waals surface area contributed by atoms with Gasteiger partial charge in [-0.25, -0.2) is 8.42 Å². The third-order valence-electron chi connectivity index (χ3n) is 1.78. The van der Waals surface area contributed by atoms with E-state index in [9.17, 15) is 8.42 Å². The quantitative estimate of drug-likeness (QED) is 0.634. The van der Waals surface area contributed by atoms with Crippen LogP contribution in [0, 0.1) is 0 Å². The molecule has 1 aromatic rings. The molecule has 80 valence electrons. The van der Waals surface area contributed by atoms with E-state index >= 15 is 0 Å². The van der Waals surface area contributed by atoms with Crippen LogP contribution in [0.1, 0.15) is 5.56 Å². The van der Waals surface area contributed by atoms with Crippen molar-refractivity contribution >= 4 is 9.84 Å². The fourth-order valence-corrected chi connectivity index (χ4v) is 1.70. The highest BCUT2D eigenvalue weighted by molar-refractivity contribution is 7.90. The summed E-state index contributed by atoms with van der Waals surface area (Å²) in [5, 5.41) is 0. The molecule has 0 aliphatic heterocycles. The maximum absolute atomic E-state index is 11.1. The molecular formula is C9H13ClNO2S-. The van der Waals surface area contributed by atoms with Gasteiger partial charge in [-0.05, 0) is 30.7 Å². The van der Waals surface area contributed by atoms with Crippen LogP contribution in [0.15, 0.2) is 29.2 Å². The maximum atomic E-state index is 11.1. The number of sulfone groups is 1. The second-order valence-corrected chi connectivity index (χ2v) is 4.97. The van der Waals surface area contributed by atoms with E-state index in [0.29, 0.717) is 11.4 Å². The highest BCUT2D eigenvalue weighted by Crippen LogP contribution is 2.10. The van der Waals surface area contributed by atoms with Crippen molar-refractivity contribution in [2.75, 3.05) is 12.8 Å². The molecule has 0 atom stereocenters. The monoisotopic (exact) mass is 234 g/mol. The Balaban J connectivity index is 0.00000169. The van der Waals surface area contributed by atoms with Gasteiger partial charge in [0.15, 0.2) is 9.84 Å². The van der Waals surface area contributed by atoms with Gasteiger partial charge in [0.2, 0.25) is 0 Å². The number of rotatable bonds is 3. The summed E-state index contributed by atoms with van der Waals surface area (Å²) in [6, 6.07) is 6.81. The van der Waals surface area contributed by atoms with Gasteiger partial charge in [0.1, 0.15) is 0 Å². The van der Waals surface area contributed by atoms with Gasteiger partial charge in [0.25, 0.3) is 0 Å². The lowest BCUT2D eigenvalue weighted by molar-refractivity contribution is -0.00000531. The van der Waals surface area contributed by atoms with Gasteiger partial charge >= 0.3 is 0 Å². The summed E-state index contributed by atoms with van der Waals surface area (Å²) in [5.74, 6) is 0. The minimum absolute atomic E-state index is 0. The molecule has 3 nitrogen and oxygen atoms in total. The third-order valence-corrected chi connectivity index (χ3v) is 2.91. The van der Waals surface area contributed by atoms with Crippen molar-refractivity contribution in [3.63, 3.8) is 0 Å². The van der Waals surface area contributed by atoms with Crippen LogP contribution in [0.25, 0.3) is 0 Å². The van der Waals surface area contributed by atoms with Gasteiger partial charge in [-0.2, -0.15) is 0 Å². The fourth-order valence-electron chi connectivity index (χ4n) is 1.07. The molecule has 0 radical (unpaired) electrons. The number of nitrogens with two attached hydrogens (primary N) is 1. The first kappa shape index (κ1) is 13.4. The van der Waals surface area contributed by atoms with E-state index in [1.165, 1.54) is 6.26 Å². The summed E-state index contributed by atoms with van der Waals surface area (Å²) in [6.45, 7) is 0.582. The van der Waals surface area contributed by atoms with Crippen molar-refractivity contribution in [1.82, 2.24) is 0 Å². The summed E-state index contributed by atoms with van der Waals surface area (Å²) >= 11 is 0. The van der Waals surface area contributed by atoms with E-state index in [1.54, 1.807) is 24.3 Å². The molecule has 0 aromatic heterocycles. The fraction of sp³-hybridized carbons (Fsp3) is 0.333. The summed E-state index contributed by atoms with van der Waals surface area (Å²) in [5.41, 5.74) is 6.43. The molecule has 5 heteroatoms. The van der Waals surface area contributed by atoms with E-state index in [2.05, 4.69) is 0 Å². The second-order valence-electron chi connectivity index (χ2n) is 2.95. The van der Waals surface area contributed by atoms with Crippen molar-refractivity contribution in [3.8, 4) is 0 Å². The Hall–Kier alpha value is -0.580. The van der Waals surface area contributed by atoms with Crippen LogP contribution in [-0.2, 0) is 16.3 Å². The van der Waals surface area contributed by atoms with E-state index in [-0.39, 0.29) is 12.4 Å². The highest BCUT2D eigenvalue weighted by Gasteiger charge is 2.05. The minimum Gasteiger partial charge on any atom is -1.00 e. The smallest absolute Gasteiger partial charge is 0.175 e. The molecule has 0 saturated carbocycles. The van der Waals surface area contributed by atoms with E-state index in [1.807, 2.05) is 0 Å². The van der Waals surface area contributed by atoms with Crippen LogP contribution in [0.2, 0.25) is 0 Å². The van der Waals surface area contributed by atoms with Crippen molar-refractivity contribution in [2.24, 2.45) is 5.73 Å². The number of hydrogen-bond acceptors (Lipinski definition) is 3. The molecule has 2 N–H and O–H groups in total. The molecule has 0 aliphatic carbocycles. The van der Waals surface area contributed by atoms with E-state index < -0.39 is 9.84 Å². The first-order chi connectivity index (χ1) is 6.04. The SMILES string of the molecule is CS(=O)(=O)c1ccc(CCN)cc1.[Cl-]. The Labute approximate surface area is 90.6 Å². The van der Waals surface area contributed by atoms with Crippen LogP contribution in [0.4, 0.5) is 0 Å². The molecule has 0 amide bonds. The van der Waals surface area contributed by atoms with Crippen LogP contribution in [-0.4, -0.2) is 21.2 Å². The van der Waals surface area contributed by atoms with Crippen LogP contribution in [0.5, 0.6) is 0 Å². The highest BCUT2D eigenvalue weighted by atomic mass is 35.5. The van der Waals surface area contributed by atoms with E-state index in [0.717, 1.165) is 12.0 Å². The normalized spacial score (nSPS) is 10.7. The molecule has 14 heavy (non-hydrogen) atoms. The van der Waals surface area contributed by atoms with Gasteiger partial charge < -0.3 is 18.1 Å². The number of hydrogen-bond donors (Lipinski definition) is 1. The van der Waals surface area contributed by atoms with E-state index in [4.69, 9.17) is 5.73 Å². The molecule has 1 rings (SSSR count). The summed E-state index contributed by atoms with van der Waals surface area (Å²) in [4.78, 5) is 0.355. The largest absolute Gasteiger partial charge is 1.00 e. The zero-order valence-corrected chi connectivity index (χ0v) is 9.48. The summed E-state index contributed by atoms with van der Waals surface area (Å²) < 4.78 is 22.2. The van der Waals surface area contributed by atoms with Crippen LogP contribution < -0.4 is 18.1 Å². The van der Waals surface area contributed by atoms with Crippen LogP contribution in [0.3, 0.4) is 0 Å². The molecule has 0 heterocycles. The summed E-state index contributed by atoms with van der Waals surface area (Å²) in [7, 11) is -3.07. The molecule has 0 spiro atoms. The number of halogens is 1. The molecule has 0 aliphatic rings. The summed E-state index contributed by atoms with van der Waals surface area (Å²) in [6.07, 6.45) is 1.98. The van der Waals surface area contributed by atoms with Gasteiger partial charge in [-0.1, -0.05) is 12.1 Å². The van der Waals surface area contributed by atoms with Gasteiger partial charge in [0, 0.05) is 6.26 Å². The van der Waals surface area contributed by atoms with Crippen molar-refractivity contribution in [1.29, 1.82) is 0 Å². The molecule has 0 unspecified atom stereocenters. The minimum atomic E-state index is -3.07. The molecule has 0 fully saturated rings. The van der Waals surface area contributed by atoms with Gasteiger partial charge in [-0.15, -0.1) is 0 Å².